The van der Waals surface area contributed by atoms with Crippen LogP contribution in [0.25, 0.3) is 0 Å². The number of fused-ring (bicyclic) bond motifs is 1. The van der Waals surface area contributed by atoms with E-state index in [-0.39, 0.29) is 35.0 Å². The lowest BCUT2D eigenvalue weighted by Crippen LogP contribution is -2.34. The van der Waals surface area contributed by atoms with Crippen LogP contribution in [0.2, 0.25) is 0 Å². The first-order valence-electron chi connectivity index (χ1n) is 13.5. The maximum absolute atomic E-state index is 14.0. The summed E-state index contributed by atoms with van der Waals surface area (Å²) < 4.78 is 44.6. The van der Waals surface area contributed by atoms with Crippen molar-refractivity contribution in [2.24, 2.45) is 13.0 Å². The predicted molar refractivity (Wildman–Crippen MR) is 151 cm³/mol. The number of carbonyl (C=O) groups is 1. The lowest BCUT2D eigenvalue weighted by atomic mass is 9.87. The molecule has 0 spiro atoms. The molecule has 1 N–H and O–H groups in total. The van der Waals surface area contributed by atoms with Crippen LogP contribution in [0.4, 0.5) is 10.1 Å². The summed E-state index contributed by atoms with van der Waals surface area (Å²) in [4.78, 5) is 20.4. The standard InChI is InChI=1S/C31H31FN4O3S/c1-35-17-16-33-30(35)20-36(31(37)28-19-26(28)22-10-13-23(32)14-11-22)24-15-12-21-6-5-9-29(27(21)18-24)34-40(38,39)25-7-3-2-4-8-25/h2-4,7-8,10-18,26,28-29,34H,5-6,9,19-20H2,1H3/t26-,28+,29-/m1/s1. The van der Waals surface area contributed by atoms with E-state index in [0.29, 0.717) is 18.5 Å². The quantitative estimate of drug-likeness (QED) is 0.320. The van der Waals surface area contributed by atoms with E-state index < -0.39 is 16.1 Å². The molecule has 0 aliphatic heterocycles. The second kappa shape index (κ2) is 10.6. The fourth-order valence-corrected chi connectivity index (χ4v) is 6.94. The Morgan fingerprint density at radius 1 is 1.10 bits per heavy atom. The lowest BCUT2D eigenvalue weighted by molar-refractivity contribution is -0.120. The van der Waals surface area contributed by atoms with E-state index in [1.807, 2.05) is 36.0 Å². The van der Waals surface area contributed by atoms with Gasteiger partial charge in [0.25, 0.3) is 0 Å². The molecule has 1 saturated carbocycles. The van der Waals surface area contributed by atoms with E-state index in [4.69, 9.17) is 0 Å². The maximum Gasteiger partial charge on any atom is 0.241 e. The third kappa shape index (κ3) is 5.31. The molecule has 3 atom stereocenters. The molecule has 9 heteroatoms. The average Bonchev–Trinajstić information content (AvgIpc) is 3.66. The molecule has 3 aromatic carbocycles. The van der Waals surface area contributed by atoms with Crippen molar-refractivity contribution in [1.82, 2.24) is 14.3 Å². The van der Waals surface area contributed by atoms with E-state index in [2.05, 4.69) is 9.71 Å². The van der Waals surface area contributed by atoms with Gasteiger partial charge >= 0.3 is 0 Å². The van der Waals surface area contributed by atoms with Gasteiger partial charge in [-0.15, -0.1) is 0 Å². The number of anilines is 1. The number of nitrogens with one attached hydrogen (secondary N) is 1. The zero-order valence-corrected chi connectivity index (χ0v) is 23.0. The molecule has 1 fully saturated rings. The number of sulfonamides is 1. The Balaban J connectivity index is 1.31. The highest BCUT2D eigenvalue weighted by Crippen LogP contribution is 2.49. The van der Waals surface area contributed by atoms with Crippen molar-refractivity contribution < 1.29 is 17.6 Å². The summed E-state index contributed by atoms with van der Waals surface area (Å²) in [5.41, 5.74) is 3.64. The zero-order valence-electron chi connectivity index (χ0n) is 22.2. The highest BCUT2D eigenvalue weighted by atomic mass is 32.2. The van der Waals surface area contributed by atoms with E-state index >= 15 is 0 Å². The fourth-order valence-electron chi connectivity index (χ4n) is 5.66. The van der Waals surface area contributed by atoms with Crippen LogP contribution in [0.3, 0.4) is 0 Å². The van der Waals surface area contributed by atoms with E-state index in [1.54, 1.807) is 53.6 Å². The summed E-state index contributed by atoms with van der Waals surface area (Å²) in [6.07, 6.45) is 6.64. The Labute approximate surface area is 233 Å². The number of rotatable bonds is 8. The number of hydrogen-bond donors (Lipinski definition) is 1. The van der Waals surface area contributed by atoms with Gasteiger partial charge in [0, 0.05) is 37.1 Å². The van der Waals surface area contributed by atoms with Crippen LogP contribution < -0.4 is 9.62 Å². The number of nitrogens with zero attached hydrogens (tertiary/aromatic N) is 3. The van der Waals surface area contributed by atoms with Crippen molar-refractivity contribution >= 4 is 21.6 Å². The Morgan fingerprint density at radius 2 is 1.88 bits per heavy atom. The molecule has 206 valence electrons. The molecule has 7 nitrogen and oxygen atoms in total. The van der Waals surface area contributed by atoms with Crippen molar-refractivity contribution in [3.05, 3.63) is 114 Å². The molecule has 40 heavy (non-hydrogen) atoms. The van der Waals surface area contributed by atoms with Crippen LogP contribution in [0.1, 0.15) is 53.7 Å². The van der Waals surface area contributed by atoms with E-state index in [0.717, 1.165) is 35.4 Å². The molecule has 0 bridgehead atoms. The van der Waals surface area contributed by atoms with Crippen LogP contribution in [0, 0.1) is 11.7 Å². The third-order valence-electron chi connectivity index (χ3n) is 8.00. The predicted octanol–water partition coefficient (Wildman–Crippen LogP) is 5.25. The van der Waals surface area contributed by atoms with E-state index in [9.17, 15) is 17.6 Å². The number of carbonyl (C=O) groups excluding carboxylic acids is 1. The summed E-state index contributed by atoms with van der Waals surface area (Å²) >= 11 is 0. The van der Waals surface area contributed by atoms with Gasteiger partial charge in [-0.05, 0) is 84.7 Å². The Morgan fingerprint density at radius 3 is 2.60 bits per heavy atom. The highest BCUT2D eigenvalue weighted by Gasteiger charge is 2.46. The average molecular weight is 559 g/mol. The maximum atomic E-state index is 14.0. The van der Waals surface area contributed by atoms with Crippen molar-refractivity contribution in [1.29, 1.82) is 0 Å². The Kier molecular flexibility index (Phi) is 7.02. The first-order chi connectivity index (χ1) is 19.3. The number of benzene rings is 3. The first kappa shape index (κ1) is 26.4. The van der Waals surface area contributed by atoms with Crippen molar-refractivity contribution in [2.45, 2.75) is 49.1 Å². The number of imidazole rings is 1. The molecule has 6 rings (SSSR count). The second-order valence-corrected chi connectivity index (χ2v) is 12.4. The highest BCUT2D eigenvalue weighted by molar-refractivity contribution is 7.89. The minimum atomic E-state index is -3.71. The topological polar surface area (TPSA) is 84.3 Å². The molecule has 4 aromatic rings. The summed E-state index contributed by atoms with van der Waals surface area (Å²) in [6, 6.07) is 20.3. The summed E-state index contributed by atoms with van der Waals surface area (Å²) in [6.45, 7) is 0.286. The Hall–Kier alpha value is -3.82. The number of amides is 1. The second-order valence-electron chi connectivity index (χ2n) is 10.6. The summed E-state index contributed by atoms with van der Waals surface area (Å²) in [5.74, 6) is 0.255. The molecule has 1 heterocycles. The lowest BCUT2D eigenvalue weighted by Gasteiger charge is -2.29. The molecular weight excluding hydrogens is 527 g/mol. The van der Waals surface area contributed by atoms with Gasteiger partial charge in [0.1, 0.15) is 11.6 Å². The molecule has 0 radical (unpaired) electrons. The van der Waals surface area contributed by atoms with Crippen molar-refractivity contribution in [3.8, 4) is 0 Å². The van der Waals surface area contributed by atoms with Gasteiger partial charge in [-0.2, -0.15) is 0 Å². The SMILES string of the molecule is Cn1ccnc1CN(C(=O)[C@H]1C[C@@H]1c1ccc(F)cc1)c1ccc2c(c1)[C@H](NS(=O)(=O)c1ccccc1)CCC2. The van der Waals surface area contributed by atoms with Crippen LogP contribution in [0.5, 0.6) is 0 Å². The number of aryl methyl sites for hydroxylation is 2. The minimum Gasteiger partial charge on any atom is -0.337 e. The van der Waals surface area contributed by atoms with Crippen LogP contribution >= 0.6 is 0 Å². The monoisotopic (exact) mass is 558 g/mol. The summed E-state index contributed by atoms with van der Waals surface area (Å²) in [5, 5.41) is 0. The molecule has 0 unspecified atom stereocenters. The minimum absolute atomic E-state index is 0.0190. The summed E-state index contributed by atoms with van der Waals surface area (Å²) in [7, 11) is -1.82. The largest absolute Gasteiger partial charge is 0.337 e. The number of halogens is 1. The smallest absolute Gasteiger partial charge is 0.241 e. The van der Waals surface area contributed by atoms with Gasteiger partial charge in [-0.25, -0.2) is 22.5 Å². The van der Waals surface area contributed by atoms with Crippen LogP contribution in [0.15, 0.2) is 90.1 Å². The van der Waals surface area contributed by atoms with Crippen LogP contribution in [-0.2, 0) is 34.8 Å². The molecule has 2 aliphatic carbocycles. The zero-order chi connectivity index (χ0) is 27.9. The number of aromatic nitrogens is 2. The van der Waals surface area contributed by atoms with Crippen molar-refractivity contribution in [2.75, 3.05) is 4.90 Å². The molecule has 1 aromatic heterocycles. The van der Waals surface area contributed by atoms with Crippen LogP contribution in [-0.4, -0.2) is 23.9 Å². The molecular formula is C31H31FN4O3S. The number of hydrogen-bond acceptors (Lipinski definition) is 4. The molecule has 2 aliphatic rings. The molecule has 1 amide bonds. The molecule has 0 saturated heterocycles. The Bertz CT molecular complexity index is 1640. The van der Waals surface area contributed by atoms with Gasteiger partial charge in [-0.3, -0.25) is 4.79 Å². The van der Waals surface area contributed by atoms with Gasteiger partial charge in [-0.1, -0.05) is 36.4 Å². The van der Waals surface area contributed by atoms with Gasteiger partial charge in [0.15, 0.2) is 0 Å². The van der Waals surface area contributed by atoms with Gasteiger partial charge < -0.3 is 9.47 Å². The van der Waals surface area contributed by atoms with E-state index in [1.165, 1.54) is 12.1 Å². The van der Waals surface area contributed by atoms with Gasteiger partial charge in [0.2, 0.25) is 15.9 Å². The third-order valence-corrected chi connectivity index (χ3v) is 9.49. The normalized spacial score (nSPS) is 20.1. The van der Waals surface area contributed by atoms with Gasteiger partial charge in [0.05, 0.1) is 11.4 Å². The van der Waals surface area contributed by atoms with Crippen molar-refractivity contribution in [3.63, 3.8) is 0 Å². The fraction of sp³-hybridized carbons (Fsp3) is 0.290. The first-order valence-corrected chi connectivity index (χ1v) is 15.0.